The van der Waals surface area contributed by atoms with Gasteiger partial charge >= 0.3 is 0 Å². The quantitative estimate of drug-likeness (QED) is 0.732. The molecule has 0 aliphatic carbocycles. The summed E-state index contributed by atoms with van der Waals surface area (Å²) in [5, 5.41) is 2.52. The van der Waals surface area contributed by atoms with Crippen LogP contribution in [0.3, 0.4) is 0 Å². The fraction of sp³-hybridized carbons (Fsp3) is 0. The standard InChI is InChI=1S/C18H12ClFN2O2/c19-16-8-2-7-15(17(16)20)18(23)22-12-4-1-5-13(10-12)24-14-6-3-9-21-11-14/h1-11H,(H,22,23). The van der Waals surface area contributed by atoms with Crippen molar-refractivity contribution in [3.05, 3.63) is 83.4 Å². The van der Waals surface area contributed by atoms with E-state index in [1.807, 2.05) is 0 Å². The number of halogens is 2. The van der Waals surface area contributed by atoms with E-state index in [4.69, 9.17) is 16.3 Å². The molecule has 0 unspecified atom stereocenters. The Bertz CT molecular complexity index is 872. The van der Waals surface area contributed by atoms with Crippen LogP contribution in [-0.2, 0) is 0 Å². The summed E-state index contributed by atoms with van der Waals surface area (Å²) >= 11 is 5.70. The van der Waals surface area contributed by atoms with Gasteiger partial charge in [0.25, 0.3) is 5.91 Å². The molecular weight excluding hydrogens is 331 g/mol. The lowest BCUT2D eigenvalue weighted by Crippen LogP contribution is -2.13. The number of hydrogen-bond acceptors (Lipinski definition) is 3. The zero-order valence-corrected chi connectivity index (χ0v) is 13.1. The third kappa shape index (κ3) is 3.70. The molecule has 120 valence electrons. The Morgan fingerprint density at radius 2 is 1.88 bits per heavy atom. The molecule has 3 aromatic rings. The number of ether oxygens (including phenoxy) is 1. The Morgan fingerprint density at radius 1 is 1.08 bits per heavy atom. The van der Waals surface area contributed by atoms with Crippen molar-refractivity contribution in [1.82, 2.24) is 4.98 Å². The normalized spacial score (nSPS) is 10.2. The second kappa shape index (κ2) is 7.10. The van der Waals surface area contributed by atoms with Crippen molar-refractivity contribution in [3.8, 4) is 11.5 Å². The molecule has 0 saturated heterocycles. The highest BCUT2D eigenvalue weighted by molar-refractivity contribution is 6.31. The van der Waals surface area contributed by atoms with E-state index in [1.54, 1.807) is 48.8 Å². The third-order valence-electron chi connectivity index (χ3n) is 3.16. The van der Waals surface area contributed by atoms with E-state index in [1.165, 1.54) is 18.2 Å². The molecule has 0 spiro atoms. The van der Waals surface area contributed by atoms with Crippen LogP contribution < -0.4 is 10.1 Å². The van der Waals surface area contributed by atoms with E-state index < -0.39 is 11.7 Å². The van der Waals surface area contributed by atoms with Gasteiger partial charge in [-0.15, -0.1) is 0 Å². The number of hydrogen-bond donors (Lipinski definition) is 1. The average molecular weight is 343 g/mol. The van der Waals surface area contributed by atoms with Crippen LogP contribution in [0.2, 0.25) is 5.02 Å². The molecule has 0 bridgehead atoms. The van der Waals surface area contributed by atoms with Crippen LogP contribution in [0.15, 0.2) is 67.0 Å². The highest BCUT2D eigenvalue weighted by atomic mass is 35.5. The number of aromatic nitrogens is 1. The lowest BCUT2D eigenvalue weighted by molar-refractivity contribution is 0.102. The molecule has 0 aliphatic rings. The molecule has 0 saturated carbocycles. The summed E-state index contributed by atoms with van der Waals surface area (Å²) in [7, 11) is 0. The number of pyridine rings is 1. The van der Waals surface area contributed by atoms with Crippen LogP contribution >= 0.6 is 11.6 Å². The number of amides is 1. The number of carbonyl (C=O) groups excluding carboxylic acids is 1. The van der Waals surface area contributed by atoms with Gasteiger partial charge in [-0.1, -0.05) is 23.7 Å². The summed E-state index contributed by atoms with van der Waals surface area (Å²) in [6.07, 6.45) is 3.22. The molecular formula is C18H12ClFN2O2. The highest BCUT2D eigenvalue weighted by Gasteiger charge is 2.14. The minimum atomic E-state index is -0.751. The molecule has 3 rings (SSSR count). The topological polar surface area (TPSA) is 51.2 Å². The van der Waals surface area contributed by atoms with E-state index in [9.17, 15) is 9.18 Å². The van der Waals surface area contributed by atoms with Gasteiger partial charge in [0.15, 0.2) is 5.82 Å². The van der Waals surface area contributed by atoms with Crippen LogP contribution in [0.1, 0.15) is 10.4 Å². The smallest absolute Gasteiger partial charge is 0.258 e. The van der Waals surface area contributed by atoms with Gasteiger partial charge < -0.3 is 10.1 Å². The Morgan fingerprint density at radius 3 is 2.67 bits per heavy atom. The number of benzene rings is 2. The van der Waals surface area contributed by atoms with Crippen LogP contribution in [0.25, 0.3) is 0 Å². The first-order chi connectivity index (χ1) is 11.6. The first-order valence-electron chi connectivity index (χ1n) is 7.07. The van der Waals surface area contributed by atoms with Crippen LogP contribution in [0.5, 0.6) is 11.5 Å². The maximum Gasteiger partial charge on any atom is 0.258 e. The van der Waals surface area contributed by atoms with Crippen molar-refractivity contribution in [1.29, 1.82) is 0 Å². The molecule has 2 aromatic carbocycles. The molecule has 1 aromatic heterocycles. The van der Waals surface area contributed by atoms with Gasteiger partial charge in [0, 0.05) is 18.0 Å². The van der Waals surface area contributed by atoms with Gasteiger partial charge in [0.1, 0.15) is 11.5 Å². The lowest BCUT2D eigenvalue weighted by atomic mass is 10.2. The SMILES string of the molecule is O=C(Nc1cccc(Oc2cccnc2)c1)c1cccc(Cl)c1F. The van der Waals surface area contributed by atoms with Gasteiger partial charge in [-0.3, -0.25) is 9.78 Å². The zero-order valence-electron chi connectivity index (χ0n) is 12.4. The number of rotatable bonds is 4. The van der Waals surface area contributed by atoms with Crippen molar-refractivity contribution in [2.24, 2.45) is 0 Å². The first-order valence-corrected chi connectivity index (χ1v) is 7.44. The van der Waals surface area contributed by atoms with Crippen molar-refractivity contribution in [2.75, 3.05) is 5.32 Å². The molecule has 1 amide bonds. The molecule has 24 heavy (non-hydrogen) atoms. The number of carbonyl (C=O) groups is 1. The van der Waals surface area contributed by atoms with Crippen molar-refractivity contribution < 1.29 is 13.9 Å². The number of anilines is 1. The van der Waals surface area contributed by atoms with E-state index in [0.717, 1.165) is 0 Å². The Balaban J connectivity index is 1.77. The van der Waals surface area contributed by atoms with E-state index in [-0.39, 0.29) is 10.6 Å². The maximum absolute atomic E-state index is 13.9. The zero-order chi connectivity index (χ0) is 16.9. The lowest BCUT2D eigenvalue weighted by Gasteiger charge is -2.09. The Labute approximate surface area is 142 Å². The monoisotopic (exact) mass is 342 g/mol. The largest absolute Gasteiger partial charge is 0.456 e. The Hall–Kier alpha value is -2.92. The summed E-state index contributed by atoms with van der Waals surface area (Å²) in [5.41, 5.74) is 0.349. The summed E-state index contributed by atoms with van der Waals surface area (Å²) in [6.45, 7) is 0. The van der Waals surface area contributed by atoms with E-state index in [0.29, 0.717) is 17.2 Å². The number of nitrogens with one attached hydrogen (secondary N) is 1. The molecule has 1 heterocycles. The van der Waals surface area contributed by atoms with Gasteiger partial charge in [-0.25, -0.2) is 4.39 Å². The number of nitrogens with zero attached hydrogens (tertiary/aromatic N) is 1. The van der Waals surface area contributed by atoms with E-state index >= 15 is 0 Å². The summed E-state index contributed by atoms with van der Waals surface area (Å²) in [5.74, 6) is -0.248. The molecule has 0 fully saturated rings. The minimum Gasteiger partial charge on any atom is -0.456 e. The summed E-state index contributed by atoms with van der Waals surface area (Å²) in [4.78, 5) is 16.2. The molecule has 1 N–H and O–H groups in total. The van der Waals surface area contributed by atoms with Gasteiger partial charge in [-0.05, 0) is 36.4 Å². The summed E-state index contributed by atoms with van der Waals surface area (Å²) in [6, 6.07) is 14.6. The van der Waals surface area contributed by atoms with Crippen LogP contribution in [-0.4, -0.2) is 10.9 Å². The fourth-order valence-electron chi connectivity index (χ4n) is 2.06. The molecule has 0 radical (unpaired) electrons. The first kappa shape index (κ1) is 16.0. The fourth-order valence-corrected chi connectivity index (χ4v) is 2.23. The summed E-state index contributed by atoms with van der Waals surface area (Å²) < 4.78 is 19.5. The van der Waals surface area contributed by atoms with Crippen molar-refractivity contribution >= 4 is 23.2 Å². The van der Waals surface area contributed by atoms with Gasteiger partial charge in [0.2, 0.25) is 0 Å². The van der Waals surface area contributed by atoms with Crippen LogP contribution in [0, 0.1) is 5.82 Å². The second-order valence-corrected chi connectivity index (χ2v) is 5.28. The molecule has 4 nitrogen and oxygen atoms in total. The van der Waals surface area contributed by atoms with Crippen molar-refractivity contribution in [2.45, 2.75) is 0 Å². The molecule has 0 atom stereocenters. The van der Waals surface area contributed by atoms with Crippen LogP contribution in [0.4, 0.5) is 10.1 Å². The minimum absolute atomic E-state index is 0.101. The van der Waals surface area contributed by atoms with Gasteiger partial charge in [0.05, 0.1) is 16.8 Å². The Kier molecular flexibility index (Phi) is 4.72. The molecule has 0 aliphatic heterocycles. The van der Waals surface area contributed by atoms with E-state index in [2.05, 4.69) is 10.3 Å². The second-order valence-electron chi connectivity index (χ2n) is 4.87. The predicted octanol–water partition coefficient (Wildman–Crippen LogP) is 4.92. The van der Waals surface area contributed by atoms with Gasteiger partial charge in [-0.2, -0.15) is 0 Å². The highest BCUT2D eigenvalue weighted by Crippen LogP contribution is 2.24. The average Bonchev–Trinajstić information content (AvgIpc) is 2.58. The van der Waals surface area contributed by atoms with Crippen molar-refractivity contribution in [3.63, 3.8) is 0 Å². The maximum atomic E-state index is 13.9. The molecule has 6 heteroatoms. The predicted molar refractivity (Wildman–Crippen MR) is 90.1 cm³/mol. The third-order valence-corrected chi connectivity index (χ3v) is 3.45.